The summed E-state index contributed by atoms with van der Waals surface area (Å²) in [5, 5.41) is 14.0. The maximum atomic E-state index is 10.8. The minimum atomic E-state index is -0.412. The second-order valence-corrected chi connectivity index (χ2v) is 5.97. The third-order valence-corrected chi connectivity index (χ3v) is 3.88. The third kappa shape index (κ3) is 4.61. The Hall–Kier alpha value is -2.28. The van der Waals surface area contributed by atoms with E-state index in [4.69, 9.17) is 9.47 Å². The number of ether oxygens (including phenoxy) is 2. The van der Waals surface area contributed by atoms with Crippen molar-refractivity contribution in [2.24, 2.45) is 0 Å². The first kappa shape index (κ1) is 18.1. The molecule has 0 saturated carbocycles. The first-order chi connectivity index (χ1) is 11.5. The summed E-state index contributed by atoms with van der Waals surface area (Å²) in [6.07, 6.45) is 0.908. The van der Waals surface area contributed by atoms with Gasteiger partial charge in [0.25, 0.3) is 5.69 Å². The average Bonchev–Trinajstić information content (AvgIpc) is 2.58. The monoisotopic (exact) mass is 394 g/mol. The number of hydrogen-bond donors (Lipinski definition) is 1. The summed E-state index contributed by atoms with van der Waals surface area (Å²) in [5.74, 6) is 1.33. The quantitative estimate of drug-likeness (QED) is 0.515. The second-order valence-electron chi connectivity index (χ2n) is 5.12. The minimum Gasteiger partial charge on any atom is -0.493 e. The van der Waals surface area contributed by atoms with Crippen LogP contribution in [0.3, 0.4) is 0 Å². The number of benzene rings is 2. The average molecular weight is 395 g/mol. The minimum absolute atomic E-state index is 0.0575. The molecule has 6 nitrogen and oxygen atoms in total. The Bertz CT molecular complexity index is 722. The van der Waals surface area contributed by atoms with Crippen LogP contribution in [0.5, 0.6) is 11.5 Å². The molecule has 7 heteroatoms. The molecule has 0 spiro atoms. The van der Waals surface area contributed by atoms with E-state index >= 15 is 0 Å². The van der Waals surface area contributed by atoms with Gasteiger partial charge in [-0.1, -0.05) is 13.0 Å². The molecule has 0 aliphatic carbocycles. The zero-order valence-corrected chi connectivity index (χ0v) is 15.1. The molecule has 0 amide bonds. The third-order valence-electron chi connectivity index (χ3n) is 3.29. The SMILES string of the molecule is CCCOc1c(Br)cc(CNc2cccc([N+](=O)[O-])c2)cc1OC. The summed E-state index contributed by atoms with van der Waals surface area (Å²) >= 11 is 3.50. The van der Waals surface area contributed by atoms with E-state index in [0.29, 0.717) is 30.3 Å². The topological polar surface area (TPSA) is 73.6 Å². The fourth-order valence-corrected chi connectivity index (χ4v) is 2.76. The van der Waals surface area contributed by atoms with E-state index in [0.717, 1.165) is 16.5 Å². The number of hydrogen-bond acceptors (Lipinski definition) is 5. The van der Waals surface area contributed by atoms with Crippen molar-refractivity contribution in [2.75, 3.05) is 19.0 Å². The van der Waals surface area contributed by atoms with Gasteiger partial charge in [0.05, 0.1) is 23.1 Å². The van der Waals surface area contributed by atoms with Gasteiger partial charge in [-0.15, -0.1) is 0 Å². The lowest BCUT2D eigenvalue weighted by Crippen LogP contribution is -2.03. The van der Waals surface area contributed by atoms with Gasteiger partial charge in [-0.05, 0) is 46.1 Å². The Morgan fingerprint density at radius 2 is 2.08 bits per heavy atom. The number of nitro benzene ring substituents is 1. The highest BCUT2D eigenvalue weighted by atomic mass is 79.9. The van der Waals surface area contributed by atoms with E-state index in [-0.39, 0.29) is 5.69 Å². The van der Waals surface area contributed by atoms with Crippen LogP contribution in [0.1, 0.15) is 18.9 Å². The van der Waals surface area contributed by atoms with E-state index in [1.807, 2.05) is 19.1 Å². The normalized spacial score (nSPS) is 10.3. The number of rotatable bonds is 8. The van der Waals surface area contributed by atoms with Crippen LogP contribution >= 0.6 is 15.9 Å². The molecule has 2 rings (SSSR count). The van der Waals surface area contributed by atoms with Gasteiger partial charge in [-0.25, -0.2) is 0 Å². The number of nitrogens with one attached hydrogen (secondary N) is 1. The summed E-state index contributed by atoms with van der Waals surface area (Å²) < 4.78 is 11.9. The predicted molar refractivity (Wildman–Crippen MR) is 96.9 cm³/mol. The van der Waals surface area contributed by atoms with E-state index in [2.05, 4.69) is 21.2 Å². The van der Waals surface area contributed by atoms with Crippen molar-refractivity contribution >= 4 is 27.3 Å². The van der Waals surface area contributed by atoms with Crippen LogP contribution in [0, 0.1) is 10.1 Å². The molecule has 0 unspecified atom stereocenters. The van der Waals surface area contributed by atoms with Gasteiger partial charge in [0.1, 0.15) is 0 Å². The van der Waals surface area contributed by atoms with Crippen LogP contribution in [0.25, 0.3) is 0 Å². The first-order valence-electron chi connectivity index (χ1n) is 7.52. The molecule has 0 aliphatic heterocycles. The number of anilines is 1. The van der Waals surface area contributed by atoms with Crippen molar-refractivity contribution in [1.29, 1.82) is 0 Å². The Labute approximate surface area is 149 Å². The molecule has 0 aromatic heterocycles. The lowest BCUT2D eigenvalue weighted by Gasteiger charge is -2.14. The van der Waals surface area contributed by atoms with E-state index in [9.17, 15) is 10.1 Å². The number of methoxy groups -OCH3 is 1. The van der Waals surface area contributed by atoms with Crippen LogP contribution < -0.4 is 14.8 Å². The van der Waals surface area contributed by atoms with Gasteiger partial charge in [0, 0.05) is 24.4 Å². The number of halogens is 1. The molecule has 0 fully saturated rings. The Balaban J connectivity index is 2.14. The zero-order chi connectivity index (χ0) is 17.5. The van der Waals surface area contributed by atoms with Gasteiger partial charge in [0.2, 0.25) is 0 Å². The lowest BCUT2D eigenvalue weighted by molar-refractivity contribution is -0.384. The Morgan fingerprint density at radius 1 is 1.29 bits per heavy atom. The molecular weight excluding hydrogens is 376 g/mol. The number of nitrogens with zero attached hydrogens (tertiary/aromatic N) is 1. The highest BCUT2D eigenvalue weighted by Gasteiger charge is 2.12. The van der Waals surface area contributed by atoms with Gasteiger partial charge in [0.15, 0.2) is 11.5 Å². The Kier molecular flexibility index (Phi) is 6.43. The van der Waals surface area contributed by atoms with Gasteiger partial charge in [-0.2, -0.15) is 0 Å². The van der Waals surface area contributed by atoms with Crippen molar-refractivity contribution in [3.63, 3.8) is 0 Å². The molecule has 0 heterocycles. The summed E-state index contributed by atoms with van der Waals surface area (Å²) in [6.45, 7) is 3.15. The molecule has 2 aromatic rings. The molecular formula is C17H19BrN2O4. The molecule has 0 atom stereocenters. The van der Waals surface area contributed by atoms with E-state index < -0.39 is 4.92 Å². The van der Waals surface area contributed by atoms with Crippen LogP contribution in [0.4, 0.5) is 11.4 Å². The van der Waals surface area contributed by atoms with Crippen molar-refractivity contribution in [1.82, 2.24) is 0 Å². The highest BCUT2D eigenvalue weighted by molar-refractivity contribution is 9.10. The standard InChI is InChI=1S/C17H19BrN2O4/c1-3-7-24-17-15(18)8-12(9-16(17)23-2)11-19-13-5-4-6-14(10-13)20(21)22/h4-6,8-10,19H,3,7,11H2,1-2H3. The van der Waals surface area contributed by atoms with Crippen molar-refractivity contribution in [2.45, 2.75) is 19.9 Å². The summed E-state index contributed by atoms with van der Waals surface area (Å²) in [7, 11) is 1.60. The maximum absolute atomic E-state index is 10.8. The fourth-order valence-electron chi connectivity index (χ4n) is 2.15. The lowest BCUT2D eigenvalue weighted by atomic mass is 10.2. The number of nitro groups is 1. The van der Waals surface area contributed by atoms with Crippen molar-refractivity contribution < 1.29 is 14.4 Å². The van der Waals surface area contributed by atoms with Crippen LogP contribution in [-0.4, -0.2) is 18.6 Å². The van der Waals surface area contributed by atoms with Crippen LogP contribution in [-0.2, 0) is 6.54 Å². The zero-order valence-electron chi connectivity index (χ0n) is 13.5. The summed E-state index contributed by atoms with van der Waals surface area (Å²) in [4.78, 5) is 10.4. The molecule has 0 bridgehead atoms. The molecule has 1 N–H and O–H groups in total. The second kappa shape index (κ2) is 8.54. The maximum Gasteiger partial charge on any atom is 0.271 e. The van der Waals surface area contributed by atoms with Gasteiger partial charge >= 0.3 is 0 Å². The van der Waals surface area contributed by atoms with Gasteiger partial charge < -0.3 is 14.8 Å². The largest absolute Gasteiger partial charge is 0.493 e. The molecule has 24 heavy (non-hydrogen) atoms. The highest BCUT2D eigenvalue weighted by Crippen LogP contribution is 2.37. The van der Waals surface area contributed by atoms with E-state index in [1.54, 1.807) is 19.2 Å². The van der Waals surface area contributed by atoms with Crippen LogP contribution in [0.15, 0.2) is 40.9 Å². The molecule has 128 valence electrons. The number of non-ortho nitro benzene ring substituents is 1. The first-order valence-corrected chi connectivity index (χ1v) is 8.32. The predicted octanol–water partition coefficient (Wildman–Crippen LogP) is 4.77. The Morgan fingerprint density at radius 3 is 2.75 bits per heavy atom. The molecule has 0 aliphatic rings. The smallest absolute Gasteiger partial charge is 0.271 e. The molecule has 2 aromatic carbocycles. The fraction of sp³-hybridized carbons (Fsp3) is 0.294. The van der Waals surface area contributed by atoms with Gasteiger partial charge in [-0.3, -0.25) is 10.1 Å². The van der Waals surface area contributed by atoms with E-state index in [1.165, 1.54) is 12.1 Å². The van der Waals surface area contributed by atoms with Crippen molar-refractivity contribution in [3.05, 3.63) is 56.5 Å². The van der Waals surface area contributed by atoms with Crippen LogP contribution in [0.2, 0.25) is 0 Å². The summed E-state index contributed by atoms with van der Waals surface area (Å²) in [5.41, 5.74) is 1.71. The van der Waals surface area contributed by atoms with Crippen molar-refractivity contribution in [3.8, 4) is 11.5 Å². The summed E-state index contributed by atoms with van der Waals surface area (Å²) in [6, 6.07) is 10.2. The molecule has 0 saturated heterocycles. The molecule has 0 radical (unpaired) electrons.